The van der Waals surface area contributed by atoms with Crippen LogP contribution >= 0.6 is 0 Å². The summed E-state index contributed by atoms with van der Waals surface area (Å²) in [5.74, 6) is 1.57. The van der Waals surface area contributed by atoms with Gasteiger partial charge in [0.25, 0.3) is 0 Å². The Bertz CT molecular complexity index is 69.4. The minimum atomic E-state index is 0.721. The molecule has 1 nitrogen and oxygen atoms in total. The highest BCUT2D eigenvalue weighted by Crippen LogP contribution is 2.10. The summed E-state index contributed by atoms with van der Waals surface area (Å²) in [5, 5.41) is 0. The molecule has 1 heteroatoms. The molecular weight excluding hydrogens is 146 g/mol. The zero-order chi connectivity index (χ0) is 9.98. The first-order valence-corrected chi connectivity index (χ1v) is 5.37. The largest absolute Gasteiger partial charge is 0.330 e. The fourth-order valence-electron chi connectivity index (χ4n) is 0.992. The maximum atomic E-state index is 5.49. The van der Waals surface area contributed by atoms with Crippen LogP contribution in [0, 0.1) is 11.8 Å². The smallest absolute Gasteiger partial charge is 0.00515 e. The highest BCUT2D eigenvalue weighted by Gasteiger charge is 1.99. The normalized spacial score (nSPS) is 12.2. The SMILES string of the molecule is CC.CC(C)CCCC(C)CN. The van der Waals surface area contributed by atoms with Crippen molar-refractivity contribution in [3.63, 3.8) is 0 Å². The molecule has 0 aliphatic heterocycles. The number of hydrogen-bond donors (Lipinski definition) is 1. The summed E-state index contributed by atoms with van der Waals surface area (Å²) in [6, 6.07) is 0. The van der Waals surface area contributed by atoms with E-state index in [1.54, 1.807) is 0 Å². The lowest BCUT2D eigenvalue weighted by molar-refractivity contribution is 0.464. The van der Waals surface area contributed by atoms with Crippen LogP contribution in [-0.2, 0) is 0 Å². The minimum absolute atomic E-state index is 0.721. The van der Waals surface area contributed by atoms with E-state index in [-0.39, 0.29) is 0 Å². The summed E-state index contributed by atoms with van der Waals surface area (Å²) in [6.07, 6.45) is 4.00. The van der Waals surface area contributed by atoms with Crippen LogP contribution < -0.4 is 5.73 Å². The first kappa shape index (κ1) is 14.5. The van der Waals surface area contributed by atoms with Crippen LogP contribution in [0.25, 0.3) is 0 Å². The molecule has 0 spiro atoms. The van der Waals surface area contributed by atoms with Crippen molar-refractivity contribution in [2.24, 2.45) is 17.6 Å². The molecule has 0 aliphatic carbocycles. The van der Waals surface area contributed by atoms with Crippen molar-refractivity contribution in [3.8, 4) is 0 Å². The third kappa shape index (κ3) is 12.6. The van der Waals surface area contributed by atoms with E-state index in [0.29, 0.717) is 0 Å². The van der Waals surface area contributed by atoms with Crippen molar-refractivity contribution in [3.05, 3.63) is 0 Å². The van der Waals surface area contributed by atoms with Gasteiger partial charge in [-0.1, -0.05) is 47.5 Å². The van der Waals surface area contributed by atoms with E-state index in [4.69, 9.17) is 5.73 Å². The van der Waals surface area contributed by atoms with Crippen molar-refractivity contribution in [1.82, 2.24) is 0 Å². The van der Waals surface area contributed by atoms with Crippen molar-refractivity contribution in [2.45, 2.75) is 53.9 Å². The molecule has 1 atom stereocenters. The number of nitrogens with two attached hydrogens (primary N) is 1. The van der Waals surface area contributed by atoms with Crippen LogP contribution in [0.2, 0.25) is 0 Å². The van der Waals surface area contributed by atoms with E-state index < -0.39 is 0 Å². The molecular formula is C11H27N. The van der Waals surface area contributed by atoms with E-state index in [0.717, 1.165) is 18.4 Å². The summed E-state index contributed by atoms with van der Waals surface area (Å²) < 4.78 is 0. The molecule has 12 heavy (non-hydrogen) atoms. The zero-order valence-corrected chi connectivity index (χ0v) is 9.56. The van der Waals surface area contributed by atoms with Gasteiger partial charge in [0.2, 0.25) is 0 Å². The Balaban J connectivity index is 0. The minimum Gasteiger partial charge on any atom is -0.330 e. The molecule has 0 rings (SSSR count). The van der Waals surface area contributed by atoms with E-state index in [9.17, 15) is 0 Å². The Labute approximate surface area is 78.7 Å². The maximum Gasteiger partial charge on any atom is -0.00515 e. The second kappa shape index (κ2) is 11.0. The highest BCUT2D eigenvalue weighted by atomic mass is 14.5. The van der Waals surface area contributed by atoms with Crippen molar-refractivity contribution < 1.29 is 0 Å². The van der Waals surface area contributed by atoms with Crippen LogP contribution in [-0.4, -0.2) is 6.54 Å². The van der Waals surface area contributed by atoms with Gasteiger partial charge >= 0.3 is 0 Å². The highest BCUT2D eigenvalue weighted by molar-refractivity contribution is 4.54. The lowest BCUT2D eigenvalue weighted by atomic mass is 10.00. The first-order valence-electron chi connectivity index (χ1n) is 5.37. The van der Waals surface area contributed by atoms with Gasteiger partial charge in [-0.25, -0.2) is 0 Å². The van der Waals surface area contributed by atoms with E-state index >= 15 is 0 Å². The van der Waals surface area contributed by atoms with Gasteiger partial charge in [-0.05, 0) is 24.8 Å². The fraction of sp³-hybridized carbons (Fsp3) is 1.00. The Morgan fingerprint density at radius 3 is 1.83 bits per heavy atom. The molecule has 0 aromatic heterocycles. The van der Waals surface area contributed by atoms with Gasteiger partial charge in [0.1, 0.15) is 0 Å². The molecule has 0 saturated heterocycles. The second-order valence-electron chi connectivity index (χ2n) is 3.67. The lowest BCUT2D eigenvalue weighted by Crippen LogP contribution is -2.10. The summed E-state index contributed by atoms with van der Waals surface area (Å²) in [5.41, 5.74) is 5.49. The topological polar surface area (TPSA) is 26.0 Å². The van der Waals surface area contributed by atoms with Gasteiger partial charge in [0.05, 0.1) is 0 Å². The van der Waals surface area contributed by atoms with Crippen LogP contribution in [0.3, 0.4) is 0 Å². The average Bonchev–Trinajstić information content (AvgIpc) is 2.07. The lowest BCUT2D eigenvalue weighted by Gasteiger charge is -2.08. The summed E-state index contributed by atoms with van der Waals surface area (Å²) in [4.78, 5) is 0. The van der Waals surface area contributed by atoms with Gasteiger partial charge < -0.3 is 5.73 Å². The molecule has 0 fully saturated rings. The summed E-state index contributed by atoms with van der Waals surface area (Å²) in [6.45, 7) is 11.6. The van der Waals surface area contributed by atoms with Crippen LogP contribution in [0.4, 0.5) is 0 Å². The third-order valence-corrected chi connectivity index (χ3v) is 1.88. The van der Waals surface area contributed by atoms with E-state index in [1.165, 1.54) is 19.3 Å². The van der Waals surface area contributed by atoms with Gasteiger partial charge in [-0.3, -0.25) is 0 Å². The summed E-state index contributed by atoms with van der Waals surface area (Å²) in [7, 11) is 0. The molecule has 1 unspecified atom stereocenters. The Morgan fingerprint density at radius 1 is 1.00 bits per heavy atom. The molecule has 0 amide bonds. The summed E-state index contributed by atoms with van der Waals surface area (Å²) >= 11 is 0. The molecule has 76 valence electrons. The van der Waals surface area contributed by atoms with Crippen LogP contribution in [0.15, 0.2) is 0 Å². The van der Waals surface area contributed by atoms with Gasteiger partial charge in [-0.2, -0.15) is 0 Å². The second-order valence-corrected chi connectivity index (χ2v) is 3.67. The van der Waals surface area contributed by atoms with Crippen LogP contribution in [0.5, 0.6) is 0 Å². The molecule has 0 radical (unpaired) electrons. The molecule has 2 N–H and O–H groups in total. The van der Waals surface area contributed by atoms with E-state index in [1.807, 2.05) is 13.8 Å². The predicted octanol–water partition coefficient (Wildman–Crippen LogP) is 3.43. The molecule has 0 saturated carbocycles. The fourth-order valence-corrected chi connectivity index (χ4v) is 0.992. The van der Waals surface area contributed by atoms with Gasteiger partial charge in [0, 0.05) is 0 Å². The molecule has 0 bridgehead atoms. The number of hydrogen-bond acceptors (Lipinski definition) is 1. The molecule has 0 aromatic rings. The monoisotopic (exact) mass is 173 g/mol. The van der Waals surface area contributed by atoms with Crippen molar-refractivity contribution >= 4 is 0 Å². The van der Waals surface area contributed by atoms with Crippen molar-refractivity contribution in [2.75, 3.05) is 6.54 Å². The predicted molar refractivity (Wildman–Crippen MR) is 58.3 cm³/mol. The molecule has 0 heterocycles. The van der Waals surface area contributed by atoms with E-state index in [2.05, 4.69) is 20.8 Å². The zero-order valence-electron chi connectivity index (χ0n) is 9.56. The Hall–Kier alpha value is -0.0400. The quantitative estimate of drug-likeness (QED) is 0.677. The average molecular weight is 173 g/mol. The third-order valence-electron chi connectivity index (χ3n) is 1.88. The Kier molecular flexibility index (Phi) is 13.2. The maximum absolute atomic E-state index is 5.49. The molecule has 0 aromatic carbocycles. The Morgan fingerprint density at radius 2 is 1.50 bits per heavy atom. The van der Waals surface area contributed by atoms with Crippen molar-refractivity contribution in [1.29, 1.82) is 0 Å². The standard InChI is InChI=1S/C9H21N.C2H6/c1-8(2)5-4-6-9(3)7-10;1-2/h8-9H,4-7,10H2,1-3H3;1-2H3. The molecule has 0 aliphatic rings. The van der Waals surface area contributed by atoms with Gasteiger partial charge in [0.15, 0.2) is 0 Å². The van der Waals surface area contributed by atoms with Crippen LogP contribution in [0.1, 0.15) is 53.9 Å². The van der Waals surface area contributed by atoms with Gasteiger partial charge in [-0.15, -0.1) is 0 Å². The first-order chi connectivity index (χ1) is 5.66. The number of rotatable bonds is 5.